The van der Waals surface area contributed by atoms with Crippen LogP contribution in [0.3, 0.4) is 0 Å². The fraction of sp³-hybridized carbons (Fsp3) is 0.636. The second-order valence-corrected chi connectivity index (χ2v) is 3.91. The lowest BCUT2D eigenvalue weighted by Crippen LogP contribution is -2.34. The van der Waals surface area contributed by atoms with Crippen LogP contribution in [-0.2, 0) is 6.54 Å². The highest BCUT2D eigenvalue weighted by Crippen LogP contribution is 2.07. The molecule has 0 saturated heterocycles. The van der Waals surface area contributed by atoms with Gasteiger partial charge in [-0.3, -0.25) is 4.68 Å². The van der Waals surface area contributed by atoms with E-state index < -0.39 is 0 Å². The highest BCUT2D eigenvalue weighted by atomic mass is 15.4. The number of rotatable bonds is 7. The monoisotopic (exact) mass is 208 g/mol. The second-order valence-electron chi connectivity index (χ2n) is 3.91. The maximum atomic E-state index is 3.90. The lowest BCUT2D eigenvalue weighted by Gasteiger charge is -2.19. The van der Waals surface area contributed by atoms with Crippen molar-refractivity contribution in [3.8, 4) is 0 Å². The van der Waals surface area contributed by atoms with Gasteiger partial charge in [0.1, 0.15) is 0 Å². The minimum Gasteiger partial charge on any atom is -0.312 e. The fourth-order valence-electron chi connectivity index (χ4n) is 1.43. The standard InChI is InChI=1S/C11H20N4/c1-4-5-10(2)11(3)12-6-8-15-9-7-13-14-15/h4,7,9-12H,1,5-6,8H2,2-3H3. The fourth-order valence-corrected chi connectivity index (χ4v) is 1.43. The van der Waals surface area contributed by atoms with E-state index in [1.54, 1.807) is 6.20 Å². The van der Waals surface area contributed by atoms with Crippen molar-refractivity contribution in [2.75, 3.05) is 6.54 Å². The molecule has 2 atom stereocenters. The Morgan fingerprint density at radius 1 is 1.53 bits per heavy atom. The zero-order chi connectivity index (χ0) is 11.1. The molecule has 0 radical (unpaired) electrons. The highest BCUT2D eigenvalue weighted by molar-refractivity contribution is 4.77. The smallest absolute Gasteiger partial charge is 0.0692 e. The van der Waals surface area contributed by atoms with Crippen LogP contribution in [0.5, 0.6) is 0 Å². The van der Waals surface area contributed by atoms with Gasteiger partial charge in [0.25, 0.3) is 0 Å². The number of nitrogens with one attached hydrogen (secondary N) is 1. The van der Waals surface area contributed by atoms with E-state index in [2.05, 4.69) is 36.1 Å². The average Bonchev–Trinajstić information content (AvgIpc) is 2.71. The van der Waals surface area contributed by atoms with Gasteiger partial charge in [0.2, 0.25) is 0 Å². The molecule has 1 N–H and O–H groups in total. The maximum Gasteiger partial charge on any atom is 0.0692 e. The van der Waals surface area contributed by atoms with Crippen LogP contribution in [0, 0.1) is 5.92 Å². The van der Waals surface area contributed by atoms with E-state index in [9.17, 15) is 0 Å². The van der Waals surface area contributed by atoms with Crippen LogP contribution < -0.4 is 5.32 Å². The Bertz CT molecular complexity index is 268. The molecular weight excluding hydrogens is 188 g/mol. The van der Waals surface area contributed by atoms with Gasteiger partial charge in [-0.25, -0.2) is 0 Å². The molecule has 1 aromatic heterocycles. The minimum absolute atomic E-state index is 0.506. The molecule has 84 valence electrons. The number of nitrogens with zero attached hydrogens (tertiary/aromatic N) is 3. The van der Waals surface area contributed by atoms with Gasteiger partial charge in [0.05, 0.1) is 12.7 Å². The third kappa shape index (κ3) is 4.25. The first-order chi connectivity index (χ1) is 7.24. The largest absolute Gasteiger partial charge is 0.312 e. The molecule has 0 aliphatic rings. The molecule has 0 aliphatic heterocycles. The summed E-state index contributed by atoms with van der Waals surface area (Å²) >= 11 is 0. The van der Waals surface area contributed by atoms with Gasteiger partial charge in [0.15, 0.2) is 0 Å². The first-order valence-electron chi connectivity index (χ1n) is 5.42. The van der Waals surface area contributed by atoms with Crippen LogP contribution in [0.1, 0.15) is 20.3 Å². The SMILES string of the molecule is C=CCC(C)C(C)NCCn1ccnn1. The van der Waals surface area contributed by atoms with Gasteiger partial charge in [-0.05, 0) is 19.3 Å². The van der Waals surface area contributed by atoms with Crippen molar-refractivity contribution in [2.45, 2.75) is 32.9 Å². The van der Waals surface area contributed by atoms with Crippen LogP contribution in [-0.4, -0.2) is 27.6 Å². The first-order valence-corrected chi connectivity index (χ1v) is 5.42. The Morgan fingerprint density at radius 2 is 2.33 bits per heavy atom. The molecule has 0 fully saturated rings. The van der Waals surface area contributed by atoms with Gasteiger partial charge < -0.3 is 5.32 Å². The summed E-state index contributed by atoms with van der Waals surface area (Å²) in [5, 5.41) is 11.1. The molecule has 0 aliphatic carbocycles. The minimum atomic E-state index is 0.506. The van der Waals surface area contributed by atoms with Crippen LogP contribution in [0.15, 0.2) is 25.0 Å². The molecule has 0 amide bonds. The summed E-state index contributed by atoms with van der Waals surface area (Å²) in [7, 11) is 0. The summed E-state index contributed by atoms with van der Waals surface area (Å²) in [5.41, 5.74) is 0. The van der Waals surface area contributed by atoms with Crippen molar-refractivity contribution in [2.24, 2.45) is 5.92 Å². The van der Waals surface area contributed by atoms with E-state index in [4.69, 9.17) is 0 Å². The summed E-state index contributed by atoms with van der Waals surface area (Å²) in [6.45, 7) is 9.98. The molecular formula is C11H20N4. The molecule has 4 nitrogen and oxygen atoms in total. The quantitative estimate of drug-likeness (QED) is 0.690. The van der Waals surface area contributed by atoms with Gasteiger partial charge >= 0.3 is 0 Å². The molecule has 1 heterocycles. The Morgan fingerprint density at radius 3 is 2.93 bits per heavy atom. The molecule has 0 aromatic carbocycles. The normalized spacial score (nSPS) is 14.8. The molecule has 1 aromatic rings. The molecule has 0 spiro atoms. The van der Waals surface area contributed by atoms with E-state index in [0.717, 1.165) is 19.5 Å². The van der Waals surface area contributed by atoms with Crippen molar-refractivity contribution < 1.29 is 0 Å². The maximum absolute atomic E-state index is 3.90. The Labute approximate surface area is 91.4 Å². The number of hydrogen-bond acceptors (Lipinski definition) is 3. The lowest BCUT2D eigenvalue weighted by atomic mass is 10.00. The first kappa shape index (κ1) is 11.9. The van der Waals surface area contributed by atoms with Crippen molar-refractivity contribution in [3.05, 3.63) is 25.0 Å². The third-order valence-electron chi connectivity index (χ3n) is 2.67. The van der Waals surface area contributed by atoms with E-state index in [0.29, 0.717) is 12.0 Å². The summed E-state index contributed by atoms with van der Waals surface area (Å²) in [5.74, 6) is 0.623. The summed E-state index contributed by atoms with van der Waals surface area (Å²) in [4.78, 5) is 0. The molecule has 2 unspecified atom stereocenters. The van der Waals surface area contributed by atoms with Gasteiger partial charge in [-0.15, -0.1) is 11.7 Å². The van der Waals surface area contributed by atoms with E-state index in [-0.39, 0.29) is 0 Å². The topological polar surface area (TPSA) is 42.7 Å². The number of aromatic nitrogens is 3. The van der Waals surface area contributed by atoms with Gasteiger partial charge in [0, 0.05) is 18.8 Å². The number of hydrogen-bond donors (Lipinski definition) is 1. The highest BCUT2D eigenvalue weighted by Gasteiger charge is 2.09. The Balaban J connectivity index is 2.16. The van der Waals surface area contributed by atoms with Crippen molar-refractivity contribution in [1.82, 2.24) is 20.3 Å². The lowest BCUT2D eigenvalue weighted by molar-refractivity contribution is 0.389. The third-order valence-corrected chi connectivity index (χ3v) is 2.67. The van der Waals surface area contributed by atoms with Gasteiger partial charge in [-0.1, -0.05) is 18.2 Å². The van der Waals surface area contributed by atoms with E-state index >= 15 is 0 Å². The average molecular weight is 208 g/mol. The Hall–Kier alpha value is -1.16. The molecule has 4 heteroatoms. The van der Waals surface area contributed by atoms with Crippen molar-refractivity contribution in [3.63, 3.8) is 0 Å². The van der Waals surface area contributed by atoms with Crippen molar-refractivity contribution in [1.29, 1.82) is 0 Å². The molecule has 15 heavy (non-hydrogen) atoms. The van der Waals surface area contributed by atoms with Crippen LogP contribution in [0.25, 0.3) is 0 Å². The second kappa shape index (κ2) is 6.35. The van der Waals surface area contributed by atoms with Crippen LogP contribution in [0.2, 0.25) is 0 Å². The predicted octanol–water partition coefficient (Wildman–Crippen LogP) is 1.47. The molecule has 0 saturated carbocycles. The van der Waals surface area contributed by atoms with E-state index in [1.165, 1.54) is 0 Å². The number of allylic oxidation sites excluding steroid dienone is 1. The summed E-state index contributed by atoms with van der Waals surface area (Å²) in [6, 6.07) is 0.506. The van der Waals surface area contributed by atoms with Crippen molar-refractivity contribution >= 4 is 0 Å². The zero-order valence-electron chi connectivity index (χ0n) is 9.56. The van der Waals surface area contributed by atoms with Gasteiger partial charge in [-0.2, -0.15) is 0 Å². The molecule has 0 bridgehead atoms. The Kier molecular flexibility index (Phi) is 5.04. The summed E-state index contributed by atoms with van der Waals surface area (Å²) < 4.78 is 1.83. The molecule has 1 rings (SSSR count). The van der Waals surface area contributed by atoms with Crippen LogP contribution in [0.4, 0.5) is 0 Å². The van der Waals surface area contributed by atoms with E-state index in [1.807, 2.05) is 17.0 Å². The predicted molar refractivity (Wildman–Crippen MR) is 61.5 cm³/mol. The summed E-state index contributed by atoms with van der Waals surface area (Å²) in [6.07, 6.45) is 6.60. The zero-order valence-corrected chi connectivity index (χ0v) is 9.56. The van der Waals surface area contributed by atoms with Crippen LogP contribution >= 0.6 is 0 Å².